The molecule has 0 unspecified atom stereocenters. The van der Waals surface area contributed by atoms with Crippen LogP contribution in [-0.4, -0.2) is 32.2 Å². The quantitative estimate of drug-likeness (QED) is 0.671. The summed E-state index contributed by atoms with van der Waals surface area (Å²) in [6.07, 6.45) is 4.74. The summed E-state index contributed by atoms with van der Waals surface area (Å²) in [4.78, 5) is 16.6. The van der Waals surface area contributed by atoms with Crippen molar-refractivity contribution < 1.29 is 4.79 Å². The van der Waals surface area contributed by atoms with Crippen LogP contribution in [0.25, 0.3) is 5.69 Å². The first kappa shape index (κ1) is 15.2. The van der Waals surface area contributed by atoms with Crippen LogP contribution in [0.5, 0.6) is 0 Å². The van der Waals surface area contributed by atoms with Gasteiger partial charge in [-0.15, -0.1) is 21.5 Å². The molecule has 0 bridgehead atoms. The lowest BCUT2D eigenvalue weighted by Crippen LogP contribution is -2.26. The Labute approximate surface area is 137 Å². The van der Waals surface area contributed by atoms with E-state index in [1.807, 2.05) is 23.6 Å². The Morgan fingerprint density at radius 1 is 1.26 bits per heavy atom. The van der Waals surface area contributed by atoms with Crippen LogP contribution in [0.3, 0.4) is 0 Å². The number of aryl methyl sites for hydroxylation is 1. The van der Waals surface area contributed by atoms with Crippen LogP contribution in [0.4, 0.5) is 5.13 Å². The van der Waals surface area contributed by atoms with Gasteiger partial charge in [0, 0.05) is 11.9 Å². The molecule has 118 valence electrons. The van der Waals surface area contributed by atoms with E-state index in [9.17, 15) is 4.79 Å². The second-order valence-corrected chi connectivity index (χ2v) is 5.81. The normalized spacial score (nSPS) is 10.6. The standard InChI is InChI=1S/C15H16N6OS/c16-15-20-11(8-23-15)4-3-7-17-14(22)12-5-1-2-6-13(12)21-9-18-19-10-21/h1-2,5-6,8-10H,3-4,7H2,(H2,16,20)(H,17,22). The maximum atomic E-state index is 12.4. The van der Waals surface area contributed by atoms with Crippen LogP contribution >= 0.6 is 11.3 Å². The number of carbonyl (C=O) groups is 1. The molecule has 2 heterocycles. The van der Waals surface area contributed by atoms with E-state index in [0.717, 1.165) is 24.2 Å². The molecule has 1 amide bonds. The summed E-state index contributed by atoms with van der Waals surface area (Å²) in [7, 11) is 0. The van der Waals surface area contributed by atoms with E-state index in [0.29, 0.717) is 17.2 Å². The predicted molar refractivity (Wildman–Crippen MR) is 88.5 cm³/mol. The number of aromatic nitrogens is 4. The molecule has 2 aromatic heterocycles. The molecular formula is C15H16N6OS. The molecule has 0 radical (unpaired) electrons. The maximum Gasteiger partial charge on any atom is 0.253 e. The number of rotatable bonds is 6. The lowest BCUT2D eigenvalue weighted by Gasteiger charge is -2.10. The second kappa shape index (κ2) is 7.01. The van der Waals surface area contributed by atoms with Crippen molar-refractivity contribution >= 4 is 22.4 Å². The highest BCUT2D eigenvalue weighted by molar-refractivity contribution is 7.13. The molecule has 1 aromatic carbocycles. The molecule has 3 N–H and O–H groups in total. The molecule has 3 aromatic rings. The Hall–Kier alpha value is -2.74. The molecular weight excluding hydrogens is 312 g/mol. The van der Waals surface area contributed by atoms with Crippen molar-refractivity contribution in [3.63, 3.8) is 0 Å². The van der Waals surface area contributed by atoms with Gasteiger partial charge in [0.15, 0.2) is 5.13 Å². The van der Waals surface area contributed by atoms with Gasteiger partial charge in [0.25, 0.3) is 5.91 Å². The third-order valence-corrected chi connectivity index (χ3v) is 4.03. The van der Waals surface area contributed by atoms with Gasteiger partial charge in [-0.3, -0.25) is 9.36 Å². The van der Waals surface area contributed by atoms with Crippen molar-refractivity contribution in [1.29, 1.82) is 0 Å². The molecule has 0 aliphatic carbocycles. The number of anilines is 1. The number of nitrogens with zero attached hydrogens (tertiary/aromatic N) is 4. The van der Waals surface area contributed by atoms with Crippen molar-refractivity contribution in [1.82, 2.24) is 25.1 Å². The molecule has 0 aliphatic rings. The third kappa shape index (κ3) is 3.72. The highest BCUT2D eigenvalue weighted by Crippen LogP contribution is 2.14. The van der Waals surface area contributed by atoms with Crippen LogP contribution < -0.4 is 11.1 Å². The molecule has 7 nitrogen and oxygen atoms in total. The highest BCUT2D eigenvalue weighted by Gasteiger charge is 2.11. The summed E-state index contributed by atoms with van der Waals surface area (Å²) in [6, 6.07) is 7.35. The topological polar surface area (TPSA) is 98.7 Å². The SMILES string of the molecule is Nc1nc(CCCNC(=O)c2ccccc2-n2cnnc2)cs1. The van der Waals surface area contributed by atoms with Crippen molar-refractivity contribution in [2.45, 2.75) is 12.8 Å². The van der Waals surface area contributed by atoms with Crippen molar-refractivity contribution in [3.05, 3.63) is 53.6 Å². The van der Waals surface area contributed by atoms with Crippen molar-refractivity contribution in [2.24, 2.45) is 0 Å². The van der Waals surface area contributed by atoms with Crippen LogP contribution in [-0.2, 0) is 6.42 Å². The van der Waals surface area contributed by atoms with E-state index in [1.165, 1.54) is 11.3 Å². The Kier molecular flexibility index (Phi) is 4.62. The zero-order valence-corrected chi connectivity index (χ0v) is 13.2. The molecule has 8 heteroatoms. The maximum absolute atomic E-state index is 12.4. The predicted octanol–water partition coefficient (Wildman–Crippen LogP) is 1.67. The van der Waals surface area contributed by atoms with E-state index in [2.05, 4.69) is 20.5 Å². The second-order valence-electron chi connectivity index (χ2n) is 4.92. The fraction of sp³-hybridized carbons (Fsp3) is 0.200. The molecule has 0 saturated heterocycles. The Bertz CT molecular complexity index is 783. The minimum absolute atomic E-state index is 0.118. The van der Waals surface area contributed by atoms with Gasteiger partial charge in [0.2, 0.25) is 0 Å². The molecule has 23 heavy (non-hydrogen) atoms. The fourth-order valence-corrected chi connectivity index (χ4v) is 2.82. The lowest BCUT2D eigenvalue weighted by molar-refractivity contribution is 0.0953. The van der Waals surface area contributed by atoms with E-state index in [-0.39, 0.29) is 5.91 Å². The number of para-hydroxylation sites is 1. The monoisotopic (exact) mass is 328 g/mol. The summed E-state index contributed by atoms with van der Waals surface area (Å²) in [5.41, 5.74) is 7.90. The summed E-state index contributed by atoms with van der Waals surface area (Å²) in [5, 5.41) is 13.0. The summed E-state index contributed by atoms with van der Waals surface area (Å²) >= 11 is 1.43. The van der Waals surface area contributed by atoms with E-state index >= 15 is 0 Å². The van der Waals surface area contributed by atoms with Crippen molar-refractivity contribution in [3.8, 4) is 5.69 Å². The number of thiazole rings is 1. The van der Waals surface area contributed by atoms with Gasteiger partial charge in [0.1, 0.15) is 12.7 Å². The molecule has 3 rings (SSSR count). The number of nitrogen functional groups attached to an aromatic ring is 1. The van der Waals surface area contributed by atoms with Gasteiger partial charge in [-0.25, -0.2) is 4.98 Å². The first-order valence-corrected chi connectivity index (χ1v) is 8.04. The molecule has 0 spiro atoms. The summed E-state index contributed by atoms with van der Waals surface area (Å²) in [6.45, 7) is 0.576. The minimum Gasteiger partial charge on any atom is -0.375 e. The zero-order valence-electron chi connectivity index (χ0n) is 12.3. The average Bonchev–Trinajstić information content (AvgIpc) is 3.23. The largest absolute Gasteiger partial charge is 0.375 e. The third-order valence-electron chi connectivity index (χ3n) is 3.31. The van der Waals surface area contributed by atoms with Crippen LogP contribution in [0.1, 0.15) is 22.5 Å². The van der Waals surface area contributed by atoms with Gasteiger partial charge in [-0.2, -0.15) is 0 Å². The molecule has 0 fully saturated rings. The number of hydrogen-bond acceptors (Lipinski definition) is 6. The van der Waals surface area contributed by atoms with Crippen LogP contribution in [0.15, 0.2) is 42.3 Å². The van der Waals surface area contributed by atoms with E-state index < -0.39 is 0 Å². The Morgan fingerprint density at radius 3 is 2.78 bits per heavy atom. The Morgan fingerprint density at radius 2 is 2.04 bits per heavy atom. The first-order valence-electron chi connectivity index (χ1n) is 7.16. The molecule has 0 saturated carbocycles. The highest BCUT2D eigenvalue weighted by atomic mass is 32.1. The minimum atomic E-state index is -0.118. The van der Waals surface area contributed by atoms with Gasteiger partial charge in [-0.05, 0) is 25.0 Å². The number of nitrogens with two attached hydrogens (primary N) is 1. The van der Waals surface area contributed by atoms with Gasteiger partial charge in [0.05, 0.1) is 16.9 Å². The average molecular weight is 328 g/mol. The lowest BCUT2D eigenvalue weighted by atomic mass is 10.1. The first-order chi connectivity index (χ1) is 11.2. The van der Waals surface area contributed by atoms with E-state index in [4.69, 9.17) is 5.73 Å². The number of amides is 1. The van der Waals surface area contributed by atoms with E-state index in [1.54, 1.807) is 23.3 Å². The fourth-order valence-electron chi connectivity index (χ4n) is 2.22. The zero-order chi connectivity index (χ0) is 16.1. The van der Waals surface area contributed by atoms with Crippen LogP contribution in [0, 0.1) is 0 Å². The Balaban J connectivity index is 1.58. The number of benzene rings is 1. The smallest absolute Gasteiger partial charge is 0.253 e. The van der Waals surface area contributed by atoms with Gasteiger partial charge in [-0.1, -0.05) is 12.1 Å². The number of nitrogens with one attached hydrogen (secondary N) is 1. The van der Waals surface area contributed by atoms with Crippen LogP contribution in [0.2, 0.25) is 0 Å². The number of hydrogen-bond donors (Lipinski definition) is 2. The molecule has 0 atom stereocenters. The van der Waals surface area contributed by atoms with Gasteiger partial charge < -0.3 is 11.1 Å². The molecule has 0 aliphatic heterocycles. The van der Waals surface area contributed by atoms with Gasteiger partial charge >= 0.3 is 0 Å². The summed E-state index contributed by atoms with van der Waals surface area (Å²) < 4.78 is 1.72. The summed E-state index contributed by atoms with van der Waals surface area (Å²) in [5.74, 6) is -0.118. The van der Waals surface area contributed by atoms with Crippen molar-refractivity contribution in [2.75, 3.05) is 12.3 Å². The number of carbonyl (C=O) groups excluding carboxylic acids is 1.